The molecular weight excluding hydrogens is 328 g/mol. The molecule has 0 unspecified atom stereocenters. The van der Waals surface area contributed by atoms with E-state index in [4.69, 9.17) is 4.74 Å². The molecule has 128 valence electrons. The first-order valence-corrected chi connectivity index (χ1v) is 8.85. The maximum atomic E-state index is 12.1. The number of methoxy groups -OCH3 is 1. The molecule has 0 atom stereocenters. The lowest BCUT2D eigenvalue weighted by Gasteiger charge is -2.09. The van der Waals surface area contributed by atoms with Crippen molar-refractivity contribution in [2.45, 2.75) is 18.4 Å². The van der Waals surface area contributed by atoms with Crippen molar-refractivity contribution in [1.82, 2.24) is 10.0 Å². The van der Waals surface area contributed by atoms with Gasteiger partial charge in [-0.3, -0.25) is 4.79 Å². The second-order valence-corrected chi connectivity index (χ2v) is 6.97. The number of hydrogen-bond acceptors (Lipinski definition) is 4. The molecule has 0 spiro atoms. The summed E-state index contributed by atoms with van der Waals surface area (Å²) in [5, 5.41) is 2.70. The molecule has 0 radical (unpaired) electrons. The maximum absolute atomic E-state index is 12.1. The van der Waals surface area contributed by atoms with Crippen LogP contribution in [0.4, 0.5) is 0 Å². The van der Waals surface area contributed by atoms with Crippen molar-refractivity contribution in [3.8, 4) is 5.75 Å². The first kappa shape index (κ1) is 18.0. The standard InChI is InChI=1S/C17H20N2O4S/c1-13-5-3-4-6-14(13)11-18-17(20)12-19-24(21,22)16-9-7-15(23-2)8-10-16/h3-10,19H,11-12H2,1-2H3,(H,18,20). The van der Waals surface area contributed by atoms with Gasteiger partial charge in [-0.15, -0.1) is 0 Å². The van der Waals surface area contributed by atoms with Crippen LogP contribution in [-0.4, -0.2) is 28.0 Å². The van der Waals surface area contributed by atoms with Crippen molar-refractivity contribution in [2.24, 2.45) is 0 Å². The minimum absolute atomic E-state index is 0.0787. The highest BCUT2D eigenvalue weighted by atomic mass is 32.2. The van der Waals surface area contributed by atoms with Gasteiger partial charge in [0.25, 0.3) is 0 Å². The second-order valence-electron chi connectivity index (χ2n) is 5.20. The molecule has 24 heavy (non-hydrogen) atoms. The van der Waals surface area contributed by atoms with Gasteiger partial charge in [0.05, 0.1) is 18.6 Å². The number of benzene rings is 2. The Morgan fingerprint density at radius 1 is 1.08 bits per heavy atom. The smallest absolute Gasteiger partial charge is 0.241 e. The first-order valence-electron chi connectivity index (χ1n) is 7.37. The number of sulfonamides is 1. The fraction of sp³-hybridized carbons (Fsp3) is 0.235. The Labute approximate surface area is 141 Å². The van der Waals surface area contributed by atoms with E-state index in [9.17, 15) is 13.2 Å². The summed E-state index contributed by atoms with van der Waals surface area (Å²) in [7, 11) is -2.24. The molecule has 0 aliphatic rings. The van der Waals surface area contributed by atoms with Crippen LogP contribution in [0.15, 0.2) is 53.4 Å². The van der Waals surface area contributed by atoms with E-state index in [0.717, 1.165) is 11.1 Å². The topological polar surface area (TPSA) is 84.5 Å². The van der Waals surface area contributed by atoms with E-state index < -0.39 is 15.9 Å². The SMILES string of the molecule is COc1ccc(S(=O)(=O)NCC(=O)NCc2ccccc2C)cc1. The largest absolute Gasteiger partial charge is 0.497 e. The fourth-order valence-corrected chi connectivity index (χ4v) is 3.05. The Balaban J connectivity index is 1.89. The van der Waals surface area contributed by atoms with Crippen LogP contribution in [-0.2, 0) is 21.4 Å². The predicted octanol–water partition coefficient (Wildman–Crippen LogP) is 1.60. The van der Waals surface area contributed by atoms with Crippen molar-refractivity contribution in [2.75, 3.05) is 13.7 Å². The van der Waals surface area contributed by atoms with Crippen molar-refractivity contribution in [3.63, 3.8) is 0 Å². The molecule has 0 aliphatic heterocycles. The Kier molecular flexibility index (Phi) is 5.94. The fourth-order valence-electron chi connectivity index (χ4n) is 2.06. The van der Waals surface area contributed by atoms with Crippen LogP contribution in [0.5, 0.6) is 5.75 Å². The molecule has 0 aromatic heterocycles. The molecule has 0 fully saturated rings. The Hall–Kier alpha value is -2.38. The molecule has 2 aromatic carbocycles. The molecule has 6 nitrogen and oxygen atoms in total. The zero-order valence-electron chi connectivity index (χ0n) is 13.6. The number of nitrogens with one attached hydrogen (secondary N) is 2. The number of rotatable bonds is 7. The lowest BCUT2D eigenvalue weighted by atomic mass is 10.1. The highest BCUT2D eigenvalue weighted by Crippen LogP contribution is 2.15. The molecule has 0 aliphatic carbocycles. The van der Waals surface area contributed by atoms with Gasteiger partial charge in [-0.25, -0.2) is 13.1 Å². The predicted molar refractivity (Wildman–Crippen MR) is 91.2 cm³/mol. The quantitative estimate of drug-likeness (QED) is 0.796. The zero-order valence-corrected chi connectivity index (χ0v) is 14.4. The molecule has 0 bridgehead atoms. The third kappa shape index (κ3) is 4.81. The number of ether oxygens (including phenoxy) is 1. The van der Waals surface area contributed by atoms with Crippen molar-refractivity contribution in [1.29, 1.82) is 0 Å². The first-order chi connectivity index (χ1) is 11.4. The van der Waals surface area contributed by atoms with Gasteiger partial charge in [0.15, 0.2) is 0 Å². The molecule has 2 N–H and O–H groups in total. The average Bonchev–Trinajstić information content (AvgIpc) is 2.59. The minimum atomic E-state index is -3.74. The van der Waals surface area contributed by atoms with Gasteiger partial charge < -0.3 is 10.1 Å². The van der Waals surface area contributed by atoms with Crippen LogP contribution in [0.3, 0.4) is 0 Å². The second kappa shape index (κ2) is 7.94. The van der Waals surface area contributed by atoms with Crippen LogP contribution >= 0.6 is 0 Å². The molecule has 0 heterocycles. The summed E-state index contributed by atoms with van der Waals surface area (Å²) in [5.74, 6) is 0.167. The molecule has 2 rings (SSSR count). The number of carbonyl (C=O) groups is 1. The molecule has 0 saturated carbocycles. The van der Waals surface area contributed by atoms with Crippen molar-refractivity contribution < 1.29 is 17.9 Å². The van der Waals surface area contributed by atoms with E-state index in [2.05, 4.69) is 10.0 Å². The van der Waals surface area contributed by atoms with E-state index in [1.807, 2.05) is 31.2 Å². The Morgan fingerprint density at radius 3 is 2.38 bits per heavy atom. The van der Waals surface area contributed by atoms with E-state index in [1.165, 1.54) is 19.2 Å². The molecule has 7 heteroatoms. The summed E-state index contributed by atoms with van der Waals surface area (Å²) in [6.45, 7) is 1.99. The van der Waals surface area contributed by atoms with Gasteiger partial charge in [0, 0.05) is 6.54 Å². The highest BCUT2D eigenvalue weighted by molar-refractivity contribution is 7.89. The van der Waals surface area contributed by atoms with Crippen molar-refractivity contribution >= 4 is 15.9 Å². The lowest BCUT2D eigenvalue weighted by molar-refractivity contribution is -0.120. The van der Waals surface area contributed by atoms with E-state index in [0.29, 0.717) is 12.3 Å². The van der Waals surface area contributed by atoms with Gasteiger partial charge in [0.1, 0.15) is 5.75 Å². The summed E-state index contributed by atoms with van der Waals surface area (Å²) in [4.78, 5) is 11.9. The Bertz CT molecular complexity index is 802. The van der Waals surface area contributed by atoms with Crippen molar-refractivity contribution in [3.05, 3.63) is 59.7 Å². The summed E-state index contributed by atoms with van der Waals surface area (Å²) < 4.78 is 31.5. The van der Waals surface area contributed by atoms with E-state index in [1.54, 1.807) is 12.1 Å². The summed E-state index contributed by atoms with van der Waals surface area (Å²) in [6, 6.07) is 13.6. The average molecular weight is 348 g/mol. The molecule has 1 amide bonds. The number of carbonyl (C=O) groups excluding carboxylic acids is 1. The maximum Gasteiger partial charge on any atom is 0.241 e. The van der Waals surface area contributed by atoms with Crippen LogP contribution < -0.4 is 14.8 Å². The normalized spacial score (nSPS) is 11.1. The monoisotopic (exact) mass is 348 g/mol. The van der Waals surface area contributed by atoms with Crippen LogP contribution in [0.1, 0.15) is 11.1 Å². The van der Waals surface area contributed by atoms with Gasteiger partial charge in [-0.2, -0.15) is 0 Å². The van der Waals surface area contributed by atoms with Gasteiger partial charge >= 0.3 is 0 Å². The van der Waals surface area contributed by atoms with E-state index >= 15 is 0 Å². The van der Waals surface area contributed by atoms with E-state index in [-0.39, 0.29) is 11.4 Å². The van der Waals surface area contributed by atoms with Gasteiger partial charge in [-0.05, 0) is 42.3 Å². The highest BCUT2D eigenvalue weighted by Gasteiger charge is 2.15. The summed E-state index contributed by atoms with van der Waals surface area (Å²) >= 11 is 0. The summed E-state index contributed by atoms with van der Waals surface area (Å²) in [5.41, 5.74) is 2.06. The van der Waals surface area contributed by atoms with Crippen LogP contribution in [0.2, 0.25) is 0 Å². The van der Waals surface area contributed by atoms with Gasteiger partial charge in [0.2, 0.25) is 15.9 Å². The third-order valence-corrected chi connectivity index (χ3v) is 4.95. The van der Waals surface area contributed by atoms with Gasteiger partial charge in [-0.1, -0.05) is 24.3 Å². The number of amides is 1. The number of hydrogen-bond donors (Lipinski definition) is 2. The molecule has 2 aromatic rings. The third-order valence-electron chi connectivity index (χ3n) is 3.53. The molecular formula is C17H20N2O4S. The summed E-state index contributed by atoms with van der Waals surface area (Å²) in [6.07, 6.45) is 0. The Morgan fingerprint density at radius 2 is 1.75 bits per heavy atom. The van der Waals surface area contributed by atoms with Crippen LogP contribution in [0, 0.1) is 6.92 Å². The number of aryl methyl sites for hydroxylation is 1. The van der Waals surface area contributed by atoms with Crippen LogP contribution in [0.25, 0.3) is 0 Å². The zero-order chi connectivity index (χ0) is 17.6. The minimum Gasteiger partial charge on any atom is -0.497 e. The molecule has 0 saturated heterocycles. The lowest BCUT2D eigenvalue weighted by Crippen LogP contribution is -2.36.